The maximum atomic E-state index is 7.22. The third-order valence-electron chi connectivity index (χ3n) is 1.89. The summed E-state index contributed by atoms with van der Waals surface area (Å²) in [5, 5.41) is 11.3. The highest BCUT2D eigenvalue weighted by Crippen LogP contribution is 2.07. The molecule has 2 aromatic heterocycles. The molecule has 0 saturated carbocycles. The third kappa shape index (κ3) is 1.26. The van der Waals surface area contributed by atoms with E-state index in [0.29, 0.717) is 5.69 Å². The average Bonchev–Trinajstić information content (AvgIpc) is 2.46. The number of nitrogen functional groups attached to an aromatic ring is 1. The van der Waals surface area contributed by atoms with E-state index in [2.05, 4.69) is 5.10 Å². The van der Waals surface area contributed by atoms with Gasteiger partial charge in [-0.05, 0) is 30.7 Å². The summed E-state index contributed by atoms with van der Waals surface area (Å²) in [5.74, 6) is 0.00125. The van der Waals surface area contributed by atoms with Crippen molar-refractivity contribution in [2.24, 2.45) is 5.73 Å². The molecule has 4 nitrogen and oxygen atoms in total. The van der Waals surface area contributed by atoms with Crippen molar-refractivity contribution in [3.63, 3.8) is 0 Å². The van der Waals surface area contributed by atoms with Crippen molar-refractivity contribution in [1.29, 1.82) is 5.41 Å². The van der Waals surface area contributed by atoms with Gasteiger partial charge in [-0.1, -0.05) is 0 Å². The number of hydrogen-bond donors (Lipinski definition) is 2. The zero-order valence-electron chi connectivity index (χ0n) is 7.28. The van der Waals surface area contributed by atoms with Crippen molar-refractivity contribution < 1.29 is 0 Å². The zero-order chi connectivity index (χ0) is 9.42. The van der Waals surface area contributed by atoms with Gasteiger partial charge in [-0.2, -0.15) is 5.10 Å². The lowest BCUT2D eigenvalue weighted by molar-refractivity contribution is 0.948. The van der Waals surface area contributed by atoms with Gasteiger partial charge >= 0.3 is 0 Å². The zero-order valence-corrected chi connectivity index (χ0v) is 7.28. The van der Waals surface area contributed by atoms with Crippen molar-refractivity contribution in [2.75, 3.05) is 0 Å². The van der Waals surface area contributed by atoms with Gasteiger partial charge in [0.15, 0.2) is 0 Å². The number of fused-ring (bicyclic) bond motifs is 1. The number of amidine groups is 1. The van der Waals surface area contributed by atoms with Crippen LogP contribution in [0.1, 0.15) is 11.3 Å². The molecular formula is C9H10N4. The van der Waals surface area contributed by atoms with Gasteiger partial charge in [0, 0.05) is 6.20 Å². The molecule has 0 radical (unpaired) electrons. The molecule has 2 aromatic rings. The number of nitrogens with zero attached hydrogens (tertiary/aromatic N) is 2. The minimum atomic E-state index is 0.00125. The molecule has 2 heterocycles. The van der Waals surface area contributed by atoms with Crippen molar-refractivity contribution >= 4 is 11.4 Å². The molecule has 0 aliphatic carbocycles. The van der Waals surface area contributed by atoms with E-state index < -0.39 is 0 Å². The molecule has 13 heavy (non-hydrogen) atoms. The first-order chi connectivity index (χ1) is 6.16. The molecule has 0 aliphatic heterocycles. The Morgan fingerprint density at radius 2 is 2.31 bits per heavy atom. The molecule has 0 saturated heterocycles. The number of aryl methyl sites for hydroxylation is 1. The number of rotatable bonds is 1. The SMILES string of the molecule is Cc1ccn2nc(C(=N)N)cc2c1. The summed E-state index contributed by atoms with van der Waals surface area (Å²) in [6, 6.07) is 5.76. The third-order valence-corrected chi connectivity index (χ3v) is 1.89. The second-order valence-electron chi connectivity index (χ2n) is 3.02. The maximum Gasteiger partial charge on any atom is 0.143 e. The van der Waals surface area contributed by atoms with Crippen molar-refractivity contribution in [1.82, 2.24) is 9.61 Å². The van der Waals surface area contributed by atoms with Gasteiger partial charge in [0.2, 0.25) is 0 Å². The molecule has 0 aromatic carbocycles. The Hall–Kier alpha value is -1.84. The predicted octanol–water partition coefficient (Wildman–Crippen LogP) is 0.927. The lowest BCUT2D eigenvalue weighted by Gasteiger charge is -1.92. The second-order valence-corrected chi connectivity index (χ2v) is 3.02. The Morgan fingerprint density at radius 3 is 3.00 bits per heavy atom. The van der Waals surface area contributed by atoms with Gasteiger partial charge in [-0.3, -0.25) is 5.41 Å². The number of nitrogens with two attached hydrogens (primary N) is 1. The normalized spacial score (nSPS) is 10.5. The molecule has 0 fully saturated rings. The summed E-state index contributed by atoms with van der Waals surface area (Å²) in [6.45, 7) is 2.01. The topological polar surface area (TPSA) is 67.2 Å². The molecule has 66 valence electrons. The number of nitrogens with one attached hydrogen (secondary N) is 1. The van der Waals surface area contributed by atoms with E-state index in [1.54, 1.807) is 10.6 Å². The summed E-state index contributed by atoms with van der Waals surface area (Å²) in [7, 11) is 0. The standard InChI is InChI=1S/C9H10N4/c1-6-2-3-13-7(4-6)5-8(12-13)9(10)11/h2-5H,1H3,(H3,10,11). The van der Waals surface area contributed by atoms with Crippen LogP contribution in [0, 0.1) is 12.3 Å². The molecule has 2 rings (SSSR count). The van der Waals surface area contributed by atoms with Crippen LogP contribution in [0.15, 0.2) is 24.4 Å². The Labute approximate surface area is 75.5 Å². The predicted molar refractivity (Wildman–Crippen MR) is 50.9 cm³/mol. The molecule has 3 N–H and O–H groups in total. The minimum absolute atomic E-state index is 0.00125. The van der Waals surface area contributed by atoms with E-state index >= 15 is 0 Å². The van der Waals surface area contributed by atoms with Crippen LogP contribution in [-0.4, -0.2) is 15.4 Å². The van der Waals surface area contributed by atoms with E-state index in [4.69, 9.17) is 11.1 Å². The first-order valence-corrected chi connectivity index (χ1v) is 3.97. The number of aromatic nitrogens is 2. The minimum Gasteiger partial charge on any atom is -0.382 e. The average molecular weight is 174 g/mol. The van der Waals surface area contributed by atoms with E-state index in [0.717, 1.165) is 5.52 Å². The van der Waals surface area contributed by atoms with Crippen LogP contribution in [0.3, 0.4) is 0 Å². The Morgan fingerprint density at radius 1 is 1.54 bits per heavy atom. The fourth-order valence-corrected chi connectivity index (χ4v) is 1.24. The Balaban J connectivity index is 2.68. The Kier molecular flexibility index (Phi) is 1.55. The monoisotopic (exact) mass is 174 g/mol. The largest absolute Gasteiger partial charge is 0.382 e. The fraction of sp³-hybridized carbons (Fsp3) is 0.111. The Bertz CT molecular complexity index is 469. The maximum absolute atomic E-state index is 7.22. The number of pyridine rings is 1. The van der Waals surface area contributed by atoms with Gasteiger partial charge < -0.3 is 5.73 Å². The molecule has 4 heteroatoms. The smallest absolute Gasteiger partial charge is 0.143 e. The van der Waals surface area contributed by atoms with E-state index in [-0.39, 0.29) is 5.84 Å². The first-order valence-electron chi connectivity index (χ1n) is 3.97. The number of hydrogen-bond acceptors (Lipinski definition) is 2. The summed E-state index contributed by atoms with van der Waals surface area (Å²) in [5.41, 5.74) is 7.97. The van der Waals surface area contributed by atoms with Gasteiger partial charge in [-0.25, -0.2) is 4.52 Å². The molecular weight excluding hydrogens is 164 g/mol. The van der Waals surface area contributed by atoms with Crippen LogP contribution in [0.5, 0.6) is 0 Å². The first kappa shape index (κ1) is 7.79. The highest BCUT2D eigenvalue weighted by molar-refractivity contribution is 5.94. The van der Waals surface area contributed by atoms with Crippen LogP contribution in [0.2, 0.25) is 0 Å². The highest BCUT2D eigenvalue weighted by Gasteiger charge is 2.02. The van der Waals surface area contributed by atoms with Crippen LogP contribution in [0.25, 0.3) is 5.52 Å². The quantitative estimate of drug-likeness (QED) is 0.498. The highest BCUT2D eigenvalue weighted by atomic mass is 15.2. The van der Waals surface area contributed by atoms with Gasteiger partial charge in [0.1, 0.15) is 11.5 Å². The van der Waals surface area contributed by atoms with Gasteiger partial charge in [0.25, 0.3) is 0 Å². The van der Waals surface area contributed by atoms with E-state index in [1.807, 2.05) is 25.3 Å². The van der Waals surface area contributed by atoms with Gasteiger partial charge in [-0.15, -0.1) is 0 Å². The van der Waals surface area contributed by atoms with Crippen molar-refractivity contribution in [2.45, 2.75) is 6.92 Å². The van der Waals surface area contributed by atoms with Crippen LogP contribution in [0.4, 0.5) is 0 Å². The lowest BCUT2D eigenvalue weighted by atomic mass is 10.2. The fourth-order valence-electron chi connectivity index (χ4n) is 1.24. The van der Waals surface area contributed by atoms with Crippen molar-refractivity contribution in [3.05, 3.63) is 35.7 Å². The van der Waals surface area contributed by atoms with Crippen LogP contribution < -0.4 is 5.73 Å². The lowest BCUT2D eigenvalue weighted by Crippen LogP contribution is -2.11. The second kappa shape index (κ2) is 2.58. The van der Waals surface area contributed by atoms with Crippen LogP contribution in [-0.2, 0) is 0 Å². The molecule has 0 unspecified atom stereocenters. The molecule has 0 aliphatic rings. The van der Waals surface area contributed by atoms with Gasteiger partial charge in [0.05, 0.1) is 5.52 Å². The van der Waals surface area contributed by atoms with E-state index in [9.17, 15) is 0 Å². The molecule has 0 atom stereocenters. The molecule has 0 spiro atoms. The summed E-state index contributed by atoms with van der Waals surface area (Å²) in [6.07, 6.45) is 1.86. The van der Waals surface area contributed by atoms with Crippen molar-refractivity contribution in [3.8, 4) is 0 Å². The van der Waals surface area contributed by atoms with Crippen LogP contribution >= 0.6 is 0 Å². The molecule has 0 amide bonds. The summed E-state index contributed by atoms with van der Waals surface area (Å²) >= 11 is 0. The summed E-state index contributed by atoms with van der Waals surface area (Å²) < 4.78 is 1.71. The summed E-state index contributed by atoms with van der Waals surface area (Å²) in [4.78, 5) is 0. The van der Waals surface area contributed by atoms with E-state index in [1.165, 1.54) is 5.56 Å². The molecule has 0 bridgehead atoms.